The minimum atomic E-state index is -0.714. The van der Waals surface area contributed by atoms with E-state index in [2.05, 4.69) is 5.32 Å². The van der Waals surface area contributed by atoms with Crippen LogP contribution < -0.4 is 10.1 Å². The number of nitrogens with zero attached hydrogens (tertiary/aromatic N) is 1. The highest BCUT2D eigenvalue weighted by Gasteiger charge is 2.21. The Hall–Kier alpha value is -2.53. The molecular weight excluding hydrogens is 352 g/mol. The number of halogens is 1. The first-order valence-corrected chi connectivity index (χ1v) is 8.69. The van der Waals surface area contributed by atoms with Gasteiger partial charge in [-0.15, -0.1) is 0 Å². The summed E-state index contributed by atoms with van der Waals surface area (Å²) in [6.07, 6.45) is -0.714. The number of anilines is 1. The second-order valence-corrected chi connectivity index (χ2v) is 6.66. The summed E-state index contributed by atoms with van der Waals surface area (Å²) in [4.78, 5) is 26.1. The Morgan fingerprint density at radius 3 is 2.27 bits per heavy atom. The van der Waals surface area contributed by atoms with Crippen molar-refractivity contribution in [1.82, 2.24) is 4.90 Å². The largest absolute Gasteiger partial charge is 0.481 e. The summed E-state index contributed by atoms with van der Waals surface area (Å²) in [5.41, 5.74) is 2.74. The van der Waals surface area contributed by atoms with Gasteiger partial charge in [-0.25, -0.2) is 0 Å². The van der Waals surface area contributed by atoms with Crippen LogP contribution in [0.4, 0.5) is 5.69 Å². The molecule has 0 fully saturated rings. The van der Waals surface area contributed by atoms with Gasteiger partial charge < -0.3 is 15.0 Å². The molecule has 0 aromatic heterocycles. The molecule has 0 aliphatic carbocycles. The molecule has 5 nitrogen and oxygen atoms in total. The Labute approximate surface area is 158 Å². The van der Waals surface area contributed by atoms with Crippen molar-refractivity contribution in [2.75, 3.05) is 18.9 Å². The van der Waals surface area contributed by atoms with Crippen molar-refractivity contribution in [3.63, 3.8) is 0 Å². The molecular formula is C20H23ClN2O3. The van der Waals surface area contributed by atoms with E-state index in [1.807, 2.05) is 32.0 Å². The van der Waals surface area contributed by atoms with Gasteiger partial charge in [0.15, 0.2) is 6.10 Å². The van der Waals surface area contributed by atoms with Crippen LogP contribution in [0.5, 0.6) is 5.75 Å². The Bertz CT molecular complexity index is 770. The summed E-state index contributed by atoms with van der Waals surface area (Å²) >= 11 is 5.83. The van der Waals surface area contributed by atoms with E-state index in [9.17, 15) is 9.59 Å². The fraction of sp³-hybridized carbons (Fsp3) is 0.300. The quantitative estimate of drug-likeness (QED) is 0.836. The van der Waals surface area contributed by atoms with Gasteiger partial charge in [-0.3, -0.25) is 9.59 Å². The van der Waals surface area contributed by atoms with Crippen LogP contribution in [-0.4, -0.2) is 36.4 Å². The Morgan fingerprint density at radius 2 is 1.69 bits per heavy atom. The van der Waals surface area contributed by atoms with Crippen molar-refractivity contribution in [2.24, 2.45) is 0 Å². The van der Waals surface area contributed by atoms with Gasteiger partial charge in [0.05, 0.1) is 6.54 Å². The number of aryl methyl sites for hydroxylation is 2. The van der Waals surface area contributed by atoms with Crippen molar-refractivity contribution in [3.8, 4) is 5.75 Å². The zero-order valence-electron chi connectivity index (χ0n) is 15.4. The van der Waals surface area contributed by atoms with E-state index in [4.69, 9.17) is 16.3 Å². The van der Waals surface area contributed by atoms with Gasteiger partial charge in [0.2, 0.25) is 5.91 Å². The molecule has 1 atom stereocenters. The summed E-state index contributed by atoms with van der Waals surface area (Å²) in [6, 6.07) is 12.6. The summed E-state index contributed by atoms with van der Waals surface area (Å²) in [7, 11) is 1.58. The highest BCUT2D eigenvalue weighted by Crippen LogP contribution is 2.19. The molecule has 138 valence electrons. The molecule has 2 aromatic carbocycles. The van der Waals surface area contributed by atoms with Crippen LogP contribution in [0.2, 0.25) is 5.02 Å². The van der Waals surface area contributed by atoms with Crippen molar-refractivity contribution in [3.05, 3.63) is 58.6 Å². The topological polar surface area (TPSA) is 58.6 Å². The standard InChI is InChI=1S/C20H23ClN2O3/c1-13-6-5-7-14(2)19(13)22-18(24)12-23(4)20(25)15(3)26-17-10-8-16(21)9-11-17/h5-11,15H,12H2,1-4H3,(H,22,24)/t15-/m0/s1. The lowest BCUT2D eigenvalue weighted by Crippen LogP contribution is -2.42. The third-order valence-electron chi connectivity index (χ3n) is 3.98. The van der Waals surface area contributed by atoms with E-state index < -0.39 is 6.10 Å². The van der Waals surface area contributed by atoms with Gasteiger partial charge in [-0.1, -0.05) is 29.8 Å². The Balaban J connectivity index is 1.93. The number of ether oxygens (including phenoxy) is 1. The van der Waals surface area contributed by atoms with Gasteiger partial charge in [-0.2, -0.15) is 0 Å². The summed E-state index contributed by atoms with van der Waals surface area (Å²) in [5, 5.41) is 3.46. The normalized spacial score (nSPS) is 11.6. The maximum Gasteiger partial charge on any atom is 0.263 e. The number of carbonyl (C=O) groups is 2. The number of amides is 2. The smallest absolute Gasteiger partial charge is 0.263 e. The molecule has 0 aliphatic rings. The molecule has 0 spiro atoms. The SMILES string of the molecule is Cc1cccc(C)c1NC(=O)CN(C)C(=O)[C@H](C)Oc1ccc(Cl)cc1. The number of rotatable bonds is 6. The van der Waals surface area contributed by atoms with E-state index in [1.165, 1.54) is 4.90 Å². The van der Waals surface area contributed by atoms with Crippen LogP contribution in [0.3, 0.4) is 0 Å². The highest BCUT2D eigenvalue weighted by molar-refractivity contribution is 6.30. The lowest BCUT2D eigenvalue weighted by Gasteiger charge is -2.22. The van der Waals surface area contributed by atoms with Crippen LogP contribution >= 0.6 is 11.6 Å². The summed E-state index contributed by atoms with van der Waals surface area (Å²) < 4.78 is 5.61. The zero-order chi connectivity index (χ0) is 19.3. The number of hydrogen-bond donors (Lipinski definition) is 1. The van der Waals surface area contributed by atoms with Crippen molar-refractivity contribution < 1.29 is 14.3 Å². The Morgan fingerprint density at radius 1 is 1.12 bits per heavy atom. The monoisotopic (exact) mass is 374 g/mol. The molecule has 26 heavy (non-hydrogen) atoms. The van der Waals surface area contributed by atoms with E-state index in [0.29, 0.717) is 10.8 Å². The maximum atomic E-state index is 12.4. The number of nitrogens with one attached hydrogen (secondary N) is 1. The lowest BCUT2D eigenvalue weighted by atomic mass is 10.1. The zero-order valence-corrected chi connectivity index (χ0v) is 16.1. The van der Waals surface area contributed by atoms with Gasteiger partial charge in [0, 0.05) is 17.8 Å². The Kier molecular flexibility index (Phi) is 6.64. The van der Waals surface area contributed by atoms with Gasteiger partial charge in [0.25, 0.3) is 5.91 Å². The number of hydrogen-bond acceptors (Lipinski definition) is 3. The second-order valence-electron chi connectivity index (χ2n) is 6.22. The average Bonchev–Trinajstić information content (AvgIpc) is 2.59. The van der Waals surface area contributed by atoms with Gasteiger partial charge in [-0.05, 0) is 56.2 Å². The van der Waals surface area contributed by atoms with E-state index >= 15 is 0 Å². The molecule has 1 N–H and O–H groups in total. The van der Waals surface area contributed by atoms with Crippen LogP contribution in [0.25, 0.3) is 0 Å². The summed E-state index contributed by atoms with van der Waals surface area (Å²) in [6.45, 7) is 5.46. The minimum Gasteiger partial charge on any atom is -0.481 e. The van der Waals surface area contributed by atoms with Crippen LogP contribution in [0, 0.1) is 13.8 Å². The lowest BCUT2D eigenvalue weighted by molar-refractivity contribution is -0.139. The molecule has 0 bridgehead atoms. The molecule has 2 rings (SSSR count). The molecule has 0 radical (unpaired) electrons. The van der Waals surface area contributed by atoms with Crippen molar-refractivity contribution >= 4 is 29.1 Å². The molecule has 6 heteroatoms. The van der Waals surface area contributed by atoms with Gasteiger partial charge >= 0.3 is 0 Å². The van der Waals surface area contributed by atoms with Crippen molar-refractivity contribution in [1.29, 1.82) is 0 Å². The second kappa shape index (κ2) is 8.72. The number of likely N-dealkylation sites (N-methyl/N-ethyl adjacent to an activating group) is 1. The summed E-state index contributed by atoms with van der Waals surface area (Å²) in [5.74, 6) is 0.0113. The first-order chi connectivity index (χ1) is 12.3. The van der Waals surface area contributed by atoms with E-state index in [0.717, 1.165) is 16.8 Å². The average molecular weight is 375 g/mol. The first kappa shape index (κ1) is 19.8. The fourth-order valence-corrected chi connectivity index (χ4v) is 2.69. The van der Waals surface area contributed by atoms with Crippen LogP contribution in [-0.2, 0) is 9.59 Å². The third-order valence-corrected chi connectivity index (χ3v) is 4.23. The van der Waals surface area contributed by atoms with Crippen molar-refractivity contribution in [2.45, 2.75) is 26.9 Å². The highest BCUT2D eigenvalue weighted by atomic mass is 35.5. The minimum absolute atomic E-state index is 0.0546. The number of benzene rings is 2. The van der Waals surface area contributed by atoms with E-state index in [-0.39, 0.29) is 18.4 Å². The molecule has 0 saturated carbocycles. The molecule has 0 aliphatic heterocycles. The number of carbonyl (C=O) groups excluding carboxylic acids is 2. The fourth-order valence-electron chi connectivity index (χ4n) is 2.56. The third kappa shape index (κ3) is 5.23. The predicted octanol–water partition coefficient (Wildman–Crippen LogP) is 3.82. The number of para-hydroxylation sites is 1. The van der Waals surface area contributed by atoms with Gasteiger partial charge in [0.1, 0.15) is 5.75 Å². The first-order valence-electron chi connectivity index (χ1n) is 8.31. The van der Waals surface area contributed by atoms with Crippen LogP contribution in [0.15, 0.2) is 42.5 Å². The molecule has 0 saturated heterocycles. The molecule has 0 unspecified atom stereocenters. The van der Waals surface area contributed by atoms with E-state index in [1.54, 1.807) is 38.2 Å². The predicted molar refractivity (Wildman–Crippen MR) is 104 cm³/mol. The maximum absolute atomic E-state index is 12.4. The molecule has 0 heterocycles. The molecule has 2 amide bonds. The molecule has 2 aromatic rings. The van der Waals surface area contributed by atoms with Crippen LogP contribution in [0.1, 0.15) is 18.1 Å².